The van der Waals surface area contributed by atoms with Crippen molar-refractivity contribution >= 4 is 0 Å². The topological polar surface area (TPSA) is 54.3 Å². The fourth-order valence-electron chi connectivity index (χ4n) is 2.26. The smallest absolute Gasteiger partial charge is 0.231 e. The molecule has 0 aromatic heterocycles. The summed E-state index contributed by atoms with van der Waals surface area (Å²) in [7, 11) is 0. The van der Waals surface area contributed by atoms with E-state index in [-0.39, 0.29) is 12.8 Å². The first kappa shape index (κ1) is 13.5. The Labute approximate surface area is 123 Å². The third-order valence-corrected chi connectivity index (χ3v) is 3.49. The summed E-state index contributed by atoms with van der Waals surface area (Å²) in [5, 5.41) is 12.6. The van der Waals surface area contributed by atoms with Crippen LogP contribution in [0, 0.1) is 18.3 Å². The van der Waals surface area contributed by atoms with Gasteiger partial charge in [-0.25, -0.2) is 0 Å². The lowest BCUT2D eigenvalue weighted by atomic mass is 10.1. The molecule has 3 rings (SSSR count). The zero-order chi connectivity index (χ0) is 14.7. The van der Waals surface area contributed by atoms with E-state index >= 15 is 0 Å². The highest BCUT2D eigenvalue weighted by molar-refractivity contribution is 5.46. The second-order valence-corrected chi connectivity index (χ2v) is 5.04. The van der Waals surface area contributed by atoms with Crippen LogP contribution in [0.3, 0.4) is 0 Å². The molecule has 0 saturated carbocycles. The molecule has 21 heavy (non-hydrogen) atoms. The molecule has 0 bridgehead atoms. The molecule has 4 heteroatoms. The van der Waals surface area contributed by atoms with E-state index in [9.17, 15) is 5.26 Å². The minimum atomic E-state index is -0.374. The van der Waals surface area contributed by atoms with Gasteiger partial charge < -0.3 is 9.47 Å². The van der Waals surface area contributed by atoms with Crippen molar-refractivity contribution in [3.8, 4) is 17.6 Å². The quantitative estimate of drug-likeness (QED) is 0.935. The van der Waals surface area contributed by atoms with Gasteiger partial charge in [0.05, 0.1) is 6.07 Å². The van der Waals surface area contributed by atoms with E-state index in [2.05, 4.69) is 42.6 Å². The van der Waals surface area contributed by atoms with Crippen LogP contribution in [-0.4, -0.2) is 6.79 Å². The molecule has 4 nitrogen and oxygen atoms in total. The summed E-state index contributed by atoms with van der Waals surface area (Å²) in [5.74, 6) is 1.43. The van der Waals surface area contributed by atoms with E-state index in [4.69, 9.17) is 9.47 Å². The Morgan fingerprint density at radius 2 is 1.90 bits per heavy atom. The van der Waals surface area contributed by atoms with Gasteiger partial charge in [0.25, 0.3) is 0 Å². The van der Waals surface area contributed by atoms with E-state index in [0.717, 1.165) is 16.9 Å². The van der Waals surface area contributed by atoms with Gasteiger partial charge in [0.2, 0.25) is 6.79 Å². The van der Waals surface area contributed by atoms with E-state index < -0.39 is 0 Å². The highest BCUT2D eigenvalue weighted by atomic mass is 16.7. The average Bonchev–Trinajstić information content (AvgIpc) is 2.97. The molecule has 2 aromatic rings. The molecule has 1 heterocycles. The van der Waals surface area contributed by atoms with E-state index in [0.29, 0.717) is 12.3 Å². The molecule has 2 aromatic carbocycles. The Bertz CT molecular complexity index is 674. The number of fused-ring (bicyclic) bond motifs is 1. The number of benzene rings is 2. The van der Waals surface area contributed by atoms with Crippen LogP contribution in [0.15, 0.2) is 42.5 Å². The van der Waals surface area contributed by atoms with Crippen molar-refractivity contribution in [2.75, 3.05) is 6.79 Å². The van der Waals surface area contributed by atoms with Gasteiger partial charge in [-0.15, -0.1) is 0 Å². The summed E-state index contributed by atoms with van der Waals surface area (Å²) in [4.78, 5) is 0. The number of hydrogen-bond acceptors (Lipinski definition) is 4. The molecule has 0 amide bonds. The molecule has 1 unspecified atom stereocenters. The number of rotatable bonds is 4. The number of nitrogens with zero attached hydrogens (tertiary/aromatic N) is 1. The third-order valence-electron chi connectivity index (χ3n) is 3.49. The Hall–Kier alpha value is -2.51. The maximum atomic E-state index is 9.37. The summed E-state index contributed by atoms with van der Waals surface area (Å²) in [5.41, 5.74) is 3.27. The van der Waals surface area contributed by atoms with Crippen molar-refractivity contribution in [2.45, 2.75) is 19.5 Å². The zero-order valence-corrected chi connectivity index (χ0v) is 11.8. The predicted molar refractivity (Wildman–Crippen MR) is 78.9 cm³/mol. The lowest BCUT2D eigenvalue weighted by Gasteiger charge is -2.12. The van der Waals surface area contributed by atoms with Gasteiger partial charge >= 0.3 is 0 Å². The summed E-state index contributed by atoms with van der Waals surface area (Å²) in [6, 6.07) is 15.8. The number of ether oxygens (including phenoxy) is 2. The standard InChI is InChI=1S/C17H16N2O2/c1-12-2-4-13(5-3-12)10-19-15(9-18)14-6-7-16-17(8-14)21-11-20-16/h2-8,15,19H,10-11H2,1H3. The Morgan fingerprint density at radius 3 is 2.67 bits per heavy atom. The van der Waals surface area contributed by atoms with Crippen LogP contribution in [0.4, 0.5) is 0 Å². The first-order valence-corrected chi connectivity index (χ1v) is 6.84. The van der Waals surface area contributed by atoms with Gasteiger partial charge in [-0.2, -0.15) is 5.26 Å². The van der Waals surface area contributed by atoms with Crippen molar-refractivity contribution in [1.82, 2.24) is 5.32 Å². The summed E-state index contributed by atoms with van der Waals surface area (Å²) in [6.07, 6.45) is 0. The highest BCUT2D eigenvalue weighted by Gasteiger charge is 2.17. The Kier molecular flexibility index (Phi) is 3.76. The van der Waals surface area contributed by atoms with Crippen molar-refractivity contribution in [3.63, 3.8) is 0 Å². The molecule has 1 atom stereocenters. The molecular weight excluding hydrogens is 264 g/mol. The van der Waals surface area contributed by atoms with Crippen LogP contribution >= 0.6 is 0 Å². The van der Waals surface area contributed by atoms with Gasteiger partial charge in [-0.05, 0) is 30.2 Å². The third kappa shape index (κ3) is 2.99. The van der Waals surface area contributed by atoms with Gasteiger partial charge in [-0.3, -0.25) is 5.32 Å². The van der Waals surface area contributed by atoms with Crippen LogP contribution in [-0.2, 0) is 6.54 Å². The van der Waals surface area contributed by atoms with Gasteiger partial charge in [-0.1, -0.05) is 35.9 Å². The van der Waals surface area contributed by atoms with E-state index in [1.807, 2.05) is 18.2 Å². The lowest BCUT2D eigenvalue weighted by molar-refractivity contribution is 0.174. The van der Waals surface area contributed by atoms with Crippen molar-refractivity contribution in [1.29, 1.82) is 5.26 Å². The second kappa shape index (κ2) is 5.86. The average molecular weight is 280 g/mol. The molecule has 0 saturated heterocycles. The number of aryl methyl sites for hydroxylation is 1. The van der Waals surface area contributed by atoms with Crippen LogP contribution in [0.1, 0.15) is 22.7 Å². The van der Waals surface area contributed by atoms with Crippen LogP contribution in [0.5, 0.6) is 11.5 Å². The van der Waals surface area contributed by atoms with Crippen molar-refractivity contribution in [3.05, 3.63) is 59.2 Å². The molecule has 106 valence electrons. The molecule has 0 radical (unpaired) electrons. The highest BCUT2D eigenvalue weighted by Crippen LogP contribution is 2.34. The van der Waals surface area contributed by atoms with Crippen molar-refractivity contribution < 1.29 is 9.47 Å². The number of hydrogen-bond donors (Lipinski definition) is 1. The fraction of sp³-hybridized carbons (Fsp3) is 0.235. The SMILES string of the molecule is Cc1ccc(CNC(C#N)c2ccc3c(c2)OCO3)cc1. The summed E-state index contributed by atoms with van der Waals surface area (Å²) >= 11 is 0. The Morgan fingerprint density at radius 1 is 1.14 bits per heavy atom. The van der Waals surface area contributed by atoms with Crippen molar-refractivity contribution in [2.24, 2.45) is 0 Å². The van der Waals surface area contributed by atoms with Crippen LogP contribution in [0.25, 0.3) is 0 Å². The van der Waals surface area contributed by atoms with Crippen LogP contribution < -0.4 is 14.8 Å². The normalized spacial score (nSPS) is 13.7. The summed E-state index contributed by atoms with van der Waals surface area (Å²) < 4.78 is 10.6. The molecule has 0 fully saturated rings. The minimum Gasteiger partial charge on any atom is -0.454 e. The molecule has 1 aliphatic heterocycles. The maximum Gasteiger partial charge on any atom is 0.231 e. The first-order chi connectivity index (χ1) is 10.3. The number of nitrogens with one attached hydrogen (secondary N) is 1. The molecule has 0 aliphatic carbocycles. The minimum absolute atomic E-state index is 0.243. The van der Waals surface area contributed by atoms with Gasteiger partial charge in [0.15, 0.2) is 11.5 Å². The largest absolute Gasteiger partial charge is 0.454 e. The lowest BCUT2D eigenvalue weighted by Crippen LogP contribution is -2.19. The van der Waals surface area contributed by atoms with Gasteiger partial charge in [0, 0.05) is 6.54 Å². The first-order valence-electron chi connectivity index (χ1n) is 6.84. The zero-order valence-electron chi connectivity index (χ0n) is 11.8. The van der Waals surface area contributed by atoms with E-state index in [1.54, 1.807) is 0 Å². The summed E-state index contributed by atoms with van der Waals surface area (Å²) in [6.45, 7) is 2.95. The predicted octanol–water partition coefficient (Wildman–Crippen LogP) is 3.08. The van der Waals surface area contributed by atoms with Crippen LogP contribution in [0.2, 0.25) is 0 Å². The monoisotopic (exact) mass is 280 g/mol. The molecule has 1 aliphatic rings. The van der Waals surface area contributed by atoms with Gasteiger partial charge in [0.1, 0.15) is 6.04 Å². The molecular formula is C17H16N2O2. The Balaban J connectivity index is 1.70. The van der Waals surface area contributed by atoms with E-state index in [1.165, 1.54) is 5.56 Å². The second-order valence-electron chi connectivity index (χ2n) is 5.04. The fourth-order valence-corrected chi connectivity index (χ4v) is 2.26. The number of nitriles is 1. The maximum absolute atomic E-state index is 9.37. The molecule has 1 N–H and O–H groups in total. The molecule has 0 spiro atoms.